The third kappa shape index (κ3) is 7.93. The van der Waals surface area contributed by atoms with Crippen molar-refractivity contribution in [2.45, 2.75) is 38.1 Å². The first kappa shape index (κ1) is 31.0. The number of likely N-dealkylation sites (tertiary alicyclic amines) is 1. The molecule has 2 saturated heterocycles. The summed E-state index contributed by atoms with van der Waals surface area (Å²) in [5.41, 5.74) is 2.36. The number of aromatic nitrogens is 2. The Bertz CT molecular complexity index is 1440. The smallest absolute Gasteiger partial charge is 0.326 e. The summed E-state index contributed by atoms with van der Waals surface area (Å²) in [4.78, 5) is 37.7. The molecule has 1 aromatic heterocycles. The van der Waals surface area contributed by atoms with Gasteiger partial charge >= 0.3 is 5.97 Å². The van der Waals surface area contributed by atoms with Gasteiger partial charge in [-0.05, 0) is 68.1 Å². The Kier molecular flexibility index (Phi) is 10.3. The molecule has 1 unspecified atom stereocenters. The summed E-state index contributed by atoms with van der Waals surface area (Å²) in [6.07, 6.45) is 5.02. The molecule has 2 aromatic carbocycles. The summed E-state index contributed by atoms with van der Waals surface area (Å²) in [5, 5.41) is 16.8. The Morgan fingerprint density at radius 1 is 1.05 bits per heavy atom. The maximum Gasteiger partial charge on any atom is 0.326 e. The number of carboxylic acid groups (broad SMARTS) is 1. The van der Waals surface area contributed by atoms with Gasteiger partial charge in [-0.1, -0.05) is 47.5 Å². The highest BCUT2D eigenvalue weighted by molar-refractivity contribution is 6.35. The maximum absolute atomic E-state index is 15.4. The molecule has 2 fully saturated rings. The van der Waals surface area contributed by atoms with Crippen LogP contribution < -0.4 is 15.5 Å². The van der Waals surface area contributed by atoms with E-state index in [4.69, 9.17) is 23.2 Å². The summed E-state index contributed by atoms with van der Waals surface area (Å²) in [7, 11) is 0. The van der Waals surface area contributed by atoms with Crippen molar-refractivity contribution >= 4 is 46.7 Å². The number of nitrogens with zero attached hydrogens (tertiary/aromatic N) is 4. The molecule has 43 heavy (non-hydrogen) atoms. The fraction of sp³-hybridized carbons (Fsp3) is 0.419. The van der Waals surface area contributed by atoms with Gasteiger partial charge in [-0.3, -0.25) is 4.79 Å². The van der Waals surface area contributed by atoms with Crippen LogP contribution in [-0.4, -0.2) is 77.2 Å². The van der Waals surface area contributed by atoms with Gasteiger partial charge in [-0.15, -0.1) is 0 Å². The van der Waals surface area contributed by atoms with Crippen molar-refractivity contribution in [2.75, 3.05) is 49.5 Å². The van der Waals surface area contributed by atoms with E-state index >= 15 is 4.39 Å². The molecule has 3 N–H and O–H groups in total. The number of aliphatic carboxylic acids is 1. The van der Waals surface area contributed by atoms with Crippen LogP contribution in [0.3, 0.4) is 0 Å². The van der Waals surface area contributed by atoms with E-state index in [2.05, 4.69) is 25.5 Å². The summed E-state index contributed by atoms with van der Waals surface area (Å²) in [6, 6.07) is 11.4. The van der Waals surface area contributed by atoms with Crippen molar-refractivity contribution in [3.05, 3.63) is 70.2 Å². The number of rotatable bonds is 11. The molecule has 12 heteroatoms. The molecule has 0 aliphatic carbocycles. The summed E-state index contributed by atoms with van der Waals surface area (Å²) >= 11 is 12.4. The van der Waals surface area contributed by atoms with E-state index in [1.165, 1.54) is 19.2 Å². The molecule has 0 radical (unpaired) electrons. The van der Waals surface area contributed by atoms with E-state index < -0.39 is 23.7 Å². The number of benzene rings is 2. The van der Waals surface area contributed by atoms with Crippen LogP contribution in [0.2, 0.25) is 10.0 Å². The molecule has 3 heterocycles. The molecule has 1 amide bonds. The van der Waals surface area contributed by atoms with Crippen LogP contribution >= 0.6 is 23.2 Å². The first-order valence-electron chi connectivity index (χ1n) is 14.6. The first-order chi connectivity index (χ1) is 20.8. The van der Waals surface area contributed by atoms with Crippen LogP contribution in [0.1, 0.15) is 31.2 Å². The van der Waals surface area contributed by atoms with Crippen molar-refractivity contribution in [3.63, 3.8) is 0 Å². The molecule has 2 atom stereocenters. The van der Waals surface area contributed by atoms with Gasteiger partial charge in [0.25, 0.3) is 0 Å². The van der Waals surface area contributed by atoms with Crippen LogP contribution in [0.15, 0.2) is 48.8 Å². The molecule has 2 aliphatic rings. The number of piperidine rings is 1. The molecule has 0 spiro atoms. The van der Waals surface area contributed by atoms with E-state index in [0.29, 0.717) is 36.0 Å². The number of anilines is 2. The van der Waals surface area contributed by atoms with E-state index in [0.717, 1.165) is 36.3 Å². The monoisotopic (exact) mass is 628 g/mol. The third-order valence-corrected chi connectivity index (χ3v) is 8.59. The zero-order valence-electron chi connectivity index (χ0n) is 23.7. The number of hydrogen-bond acceptors (Lipinski definition) is 7. The highest BCUT2D eigenvalue weighted by atomic mass is 35.5. The van der Waals surface area contributed by atoms with Crippen LogP contribution in [0.4, 0.5) is 16.0 Å². The van der Waals surface area contributed by atoms with Crippen molar-refractivity contribution in [3.8, 4) is 11.1 Å². The average Bonchev–Trinajstić information content (AvgIpc) is 3.53. The van der Waals surface area contributed by atoms with Crippen molar-refractivity contribution < 1.29 is 19.1 Å². The van der Waals surface area contributed by atoms with Crippen LogP contribution in [0.25, 0.3) is 11.1 Å². The molecule has 2 aliphatic heterocycles. The molecule has 228 valence electrons. The molecule has 9 nitrogen and oxygen atoms in total. The molecular formula is C31H35Cl2FN6O3. The van der Waals surface area contributed by atoms with Crippen molar-refractivity contribution in [1.82, 2.24) is 20.2 Å². The Morgan fingerprint density at radius 3 is 2.56 bits per heavy atom. The number of carbonyl (C=O) groups is 2. The maximum atomic E-state index is 15.4. The number of halogens is 3. The SMILES string of the molecule is O=C(N[C@@H](Cc1ccc(-c2cc(Cl)ccc2Cl)cc1)C(=O)O)C1CCCN(c2ncnc(NCCN3CCCC3)c2F)C1. The van der Waals surface area contributed by atoms with Gasteiger partial charge < -0.3 is 25.5 Å². The molecule has 3 aromatic rings. The number of carbonyl (C=O) groups excluding carboxylic acids is 1. The molecule has 5 rings (SSSR count). The largest absolute Gasteiger partial charge is 0.480 e. The van der Waals surface area contributed by atoms with Gasteiger partial charge in [0.1, 0.15) is 12.4 Å². The van der Waals surface area contributed by atoms with Crippen LogP contribution in [0.5, 0.6) is 0 Å². The van der Waals surface area contributed by atoms with E-state index in [1.54, 1.807) is 23.1 Å². The second kappa shape index (κ2) is 14.3. The van der Waals surface area contributed by atoms with Crippen molar-refractivity contribution in [1.29, 1.82) is 0 Å². The van der Waals surface area contributed by atoms with Crippen LogP contribution in [0, 0.1) is 11.7 Å². The van der Waals surface area contributed by atoms with E-state index in [9.17, 15) is 14.7 Å². The lowest BCUT2D eigenvalue weighted by Crippen LogP contribution is -2.49. The number of hydrogen-bond donors (Lipinski definition) is 3. The van der Waals surface area contributed by atoms with Gasteiger partial charge in [0.2, 0.25) is 11.7 Å². The van der Waals surface area contributed by atoms with Gasteiger partial charge in [0.15, 0.2) is 11.6 Å². The second-order valence-electron chi connectivity index (χ2n) is 11.0. The lowest BCUT2D eigenvalue weighted by molar-refractivity contribution is -0.142. The number of carboxylic acids is 1. The molecule has 0 bridgehead atoms. The Labute approximate surface area is 260 Å². The second-order valence-corrected chi connectivity index (χ2v) is 11.9. The van der Waals surface area contributed by atoms with Gasteiger partial charge in [-0.2, -0.15) is 4.39 Å². The minimum atomic E-state index is -1.13. The summed E-state index contributed by atoms with van der Waals surface area (Å²) < 4.78 is 15.4. The Hall–Kier alpha value is -3.47. The lowest BCUT2D eigenvalue weighted by Gasteiger charge is -2.33. The fourth-order valence-electron chi connectivity index (χ4n) is 5.69. The molecule has 0 saturated carbocycles. The van der Waals surface area contributed by atoms with E-state index in [1.807, 2.05) is 24.3 Å². The van der Waals surface area contributed by atoms with Crippen LogP contribution in [-0.2, 0) is 16.0 Å². The average molecular weight is 630 g/mol. The zero-order chi connectivity index (χ0) is 30.3. The quantitative estimate of drug-likeness (QED) is 0.268. The minimum Gasteiger partial charge on any atom is -0.480 e. The molecular weight excluding hydrogens is 594 g/mol. The van der Waals surface area contributed by atoms with Gasteiger partial charge in [0.05, 0.1) is 5.92 Å². The Balaban J connectivity index is 1.19. The fourth-order valence-corrected chi connectivity index (χ4v) is 6.09. The summed E-state index contributed by atoms with van der Waals surface area (Å²) in [5.74, 6) is -2.27. The normalized spacial score (nSPS) is 17.9. The highest BCUT2D eigenvalue weighted by Crippen LogP contribution is 2.31. The Morgan fingerprint density at radius 2 is 1.81 bits per heavy atom. The van der Waals surface area contributed by atoms with Gasteiger partial charge in [-0.25, -0.2) is 14.8 Å². The zero-order valence-corrected chi connectivity index (χ0v) is 25.2. The van der Waals surface area contributed by atoms with E-state index in [-0.39, 0.29) is 30.5 Å². The number of nitrogens with one attached hydrogen (secondary N) is 2. The van der Waals surface area contributed by atoms with Gasteiger partial charge in [0, 0.05) is 48.2 Å². The highest BCUT2D eigenvalue weighted by Gasteiger charge is 2.31. The predicted molar refractivity (Wildman–Crippen MR) is 166 cm³/mol. The third-order valence-electron chi connectivity index (χ3n) is 8.03. The lowest BCUT2D eigenvalue weighted by atomic mass is 9.95. The predicted octanol–water partition coefficient (Wildman–Crippen LogP) is 5.13. The standard InChI is InChI=1S/C31H35Cl2FN6O3/c32-23-9-10-25(33)24(17-23)21-7-5-20(6-8-21)16-26(31(42)43)38-30(41)22-4-3-14-40(18-22)29-27(34)28(36-19-37-29)35-11-15-39-12-1-2-13-39/h5-10,17,19,22,26H,1-4,11-16,18H2,(H,38,41)(H,42,43)(H,35,36,37)/t22?,26-/m0/s1. The number of amides is 1. The summed E-state index contributed by atoms with van der Waals surface area (Å²) in [6.45, 7) is 4.28. The topological polar surface area (TPSA) is 111 Å². The van der Waals surface area contributed by atoms with Crippen molar-refractivity contribution in [2.24, 2.45) is 5.92 Å². The first-order valence-corrected chi connectivity index (χ1v) is 15.3. The minimum absolute atomic E-state index is 0.105.